The number of hydrogen-bond acceptors (Lipinski definition) is 4. The fraction of sp³-hybridized carbons (Fsp3) is 0. The van der Waals surface area contributed by atoms with Crippen molar-refractivity contribution in [3.8, 4) is 62.5 Å². The molecule has 0 spiro atoms. The van der Waals surface area contributed by atoms with Crippen LogP contribution in [0.5, 0.6) is 0 Å². The van der Waals surface area contributed by atoms with E-state index in [4.69, 9.17) is 15.0 Å². The van der Waals surface area contributed by atoms with Crippen LogP contribution >= 0.6 is 0 Å². The summed E-state index contributed by atoms with van der Waals surface area (Å²) in [5, 5.41) is 11.6. The van der Waals surface area contributed by atoms with Crippen molar-refractivity contribution in [2.75, 3.05) is 0 Å². The molecule has 0 bridgehead atoms. The molecule has 0 saturated heterocycles. The topological polar surface area (TPSA) is 62.5 Å². The van der Waals surface area contributed by atoms with Crippen molar-refractivity contribution in [2.45, 2.75) is 0 Å². The van der Waals surface area contributed by atoms with E-state index in [0.717, 1.165) is 44.3 Å². The number of nitriles is 1. The summed E-state index contributed by atoms with van der Waals surface area (Å²) in [6.07, 6.45) is 0. The molecule has 196 valence electrons. The first kappa shape index (κ1) is 25.1. The van der Waals surface area contributed by atoms with Crippen LogP contribution in [0.25, 0.3) is 67.2 Å². The third-order valence-corrected chi connectivity index (χ3v) is 7.36. The highest BCUT2D eigenvalue weighted by Gasteiger charge is 2.13. The smallest absolute Gasteiger partial charge is 0.164 e. The zero-order valence-corrected chi connectivity index (χ0v) is 22.6. The molecule has 1 heterocycles. The first-order valence-electron chi connectivity index (χ1n) is 13.8. The summed E-state index contributed by atoms with van der Waals surface area (Å²) >= 11 is 0. The zero-order chi connectivity index (χ0) is 28.3. The standard InChI is InChI=1S/C38H24N4/c39-25-26-15-17-28(18-16-26)35-24-33(23-32-13-7-8-14-34(32)35)27-19-21-31(22-20-27)38-41-36(29-9-3-1-4-10-29)40-37(42-38)30-11-5-2-6-12-30/h1-24H. The van der Waals surface area contributed by atoms with E-state index in [1.54, 1.807) is 0 Å². The normalized spacial score (nSPS) is 10.8. The lowest BCUT2D eigenvalue weighted by Gasteiger charge is -2.12. The molecule has 7 aromatic rings. The Hall–Kier alpha value is -5.92. The molecule has 0 aliphatic heterocycles. The summed E-state index contributed by atoms with van der Waals surface area (Å²) in [5.74, 6) is 1.92. The van der Waals surface area contributed by atoms with Gasteiger partial charge in [0.2, 0.25) is 0 Å². The van der Waals surface area contributed by atoms with E-state index in [1.165, 1.54) is 5.39 Å². The highest BCUT2D eigenvalue weighted by Crippen LogP contribution is 2.35. The van der Waals surface area contributed by atoms with Crippen LogP contribution in [0.1, 0.15) is 5.56 Å². The average molecular weight is 537 g/mol. The van der Waals surface area contributed by atoms with Crippen molar-refractivity contribution in [3.05, 3.63) is 151 Å². The van der Waals surface area contributed by atoms with Crippen LogP contribution in [-0.4, -0.2) is 15.0 Å². The van der Waals surface area contributed by atoms with Crippen LogP contribution in [0, 0.1) is 11.3 Å². The Morgan fingerprint density at radius 3 is 1.45 bits per heavy atom. The van der Waals surface area contributed by atoms with Crippen LogP contribution in [0.15, 0.2) is 146 Å². The van der Waals surface area contributed by atoms with Gasteiger partial charge in [-0.1, -0.05) is 121 Å². The minimum atomic E-state index is 0.631. The molecule has 0 N–H and O–H groups in total. The van der Waals surface area contributed by atoms with Crippen molar-refractivity contribution in [1.82, 2.24) is 15.0 Å². The summed E-state index contributed by atoms with van der Waals surface area (Å²) in [6.45, 7) is 0. The van der Waals surface area contributed by atoms with E-state index in [1.807, 2.05) is 84.9 Å². The second-order valence-corrected chi connectivity index (χ2v) is 10.0. The van der Waals surface area contributed by atoms with Gasteiger partial charge in [0.25, 0.3) is 0 Å². The maximum Gasteiger partial charge on any atom is 0.164 e. The van der Waals surface area contributed by atoms with Gasteiger partial charge in [-0.2, -0.15) is 5.26 Å². The monoisotopic (exact) mass is 536 g/mol. The van der Waals surface area contributed by atoms with E-state index in [2.05, 4.69) is 66.7 Å². The number of hydrogen-bond donors (Lipinski definition) is 0. The van der Waals surface area contributed by atoms with Crippen LogP contribution in [0.2, 0.25) is 0 Å². The Balaban J connectivity index is 1.31. The summed E-state index contributed by atoms with van der Waals surface area (Å²) in [5.41, 5.74) is 7.89. The van der Waals surface area contributed by atoms with E-state index in [9.17, 15) is 5.26 Å². The maximum absolute atomic E-state index is 9.25. The molecule has 0 radical (unpaired) electrons. The lowest BCUT2D eigenvalue weighted by molar-refractivity contribution is 1.07. The molecule has 0 saturated carbocycles. The molecule has 0 amide bonds. The van der Waals surface area contributed by atoms with Crippen LogP contribution < -0.4 is 0 Å². The minimum absolute atomic E-state index is 0.631. The number of nitrogens with zero attached hydrogens (tertiary/aromatic N) is 4. The molecule has 0 aliphatic carbocycles. The summed E-state index contributed by atoms with van der Waals surface area (Å²) in [4.78, 5) is 14.5. The predicted octanol–water partition coefficient (Wildman–Crippen LogP) is 9.23. The average Bonchev–Trinajstić information content (AvgIpc) is 3.08. The first-order valence-corrected chi connectivity index (χ1v) is 13.8. The lowest BCUT2D eigenvalue weighted by Crippen LogP contribution is -2.00. The van der Waals surface area contributed by atoms with Gasteiger partial charge < -0.3 is 0 Å². The summed E-state index contributed by atoms with van der Waals surface area (Å²) < 4.78 is 0. The van der Waals surface area contributed by atoms with Gasteiger partial charge in [0.1, 0.15) is 0 Å². The quantitative estimate of drug-likeness (QED) is 0.220. The van der Waals surface area contributed by atoms with Gasteiger partial charge in [0.15, 0.2) is 17.5 Å². The van der Waals surface area contributed by atoms with E-state index >= 15 is 0 Å². The number of fused-ring (bicyclic) bond motifs is 1. The van der Waals surface area contributed by atoms with E-state index < -0.39 is 0 Å². The minimum Gasteiger partial charge on any atom is -0.208 e. The highest BCUT2D eigenvalue weighted by molar-refractivity contribution is 6.00. The van der Waals surface area contributed by atoms with Crippen molar-refractivity contribution in [2.24, 2.45) is 0 Å². The second-order valence-electron chi connectivity index (χ2n) is 10.0. The van der Waals surface area contributed by atoms with Crippen LogP contribution in [0.4, 0.5) is 0 Å². The zero-order valence-electron chi connectivity index (χ0n) is 22.6. The molecular formula is C38H24N4. The third kappa shape index (κ3) is 4.92. The molecule has 0 fully saturated rings. The number of aromatic nitrogens is 3. The van der Waals surface area contributed by atoms with Gasteiger partial charge >= 0.3 is 0 Å². The van der Waals surface area contributed by atoms with Crippen LogP contribution in [0.3, 0.4) is 0 Å². The molecule has 6 aromatic carbocycles. The number of rotatable bonds is 5. The SMILES string of the molecule is N#Cc1ccc(-c2cc(-c3ccc(-c4nc(-c5ccccc5)nc(-c5ccccc5)n4)cc3)cc3ccccc23)cc1. The Morgan fingerprint density at radius 2 is 0.881 bits per heavy atom. The van der Waals surface area contributed by atoms with Crippen molar-refractivity contribution in [1.29, 1.82) is 5.26 Å². The molecule has 0 unspecified atom stereocenters. The fourth-order valence-electron chi connectivity index (χ4n) is 5.19. The van der Waals surface area contributed by atoms with Gasteiger partial charge in [0.05, 0.1) is 11.6 Å². The van der Waals surface area contributed by atoms with Crippen molar-refractivity contribution >= 4 is 10.8 Å². The third-order valence-electron chi connectivity index (χ3n) is 7.36. The molecule has 0 atom stereocenters. The Bertz CT molecular complexity index is 2000. The molecule has 0 aliphatic rings. The Kier molecular flexibility index (Phi) is 6.52. The van der Waals surface area contributed by atoms with Gasteiger partial charge in [-0.05, 0) is 57.3 Å². The molecule has 7 rings (SSSR count). The fourth-order valence-corrected chi connectivity index (χ4v) is 5.19. The highest BCUT2D eigenvalue weighted by atomic mass is 15.0. The summed E-state index contributed by atoms with van der Waals surface area (Å²) in [7, 11) is 0. The predicted molar refractivity (Wildman–Crippen MR) is 169 cm³/mol. The number of benzene rings is 6. The first-order chi connectivity index (χ1) is 20.7. The van der Waals surface area contributed by atoms with E-state index in [0.29, 0.717) is 23.0 Å². The molecule has 1 aromatic heterocycles. The second kappa shape index (κ2) is 10.9. The lowest BCUT2D eigenvalue weighted by atomic mass is 9.92. The van der Waals surface area contributed by atoms with Crippen molar-refractivity contribution < 1.29 is 0 Å². The molecule has 4 heteroatoms. The molecule has 42 heavy (non-hydrogen) atoms. The Labute approximate surface area is 244 Å². The summed E-state index contributed by atoms with van der Waals surface area (Å²) in [6, 6.07) is 51.2. The molecule has 4 nitrogen and oxygen atoms in total. The maximum atomic E-state index is 9.25. The van der Waals surface area contributed by atoms with Gasteiger partial charge in [-0.3, -0.25) is 0 Å². The largest absolute Gasteiger partial charge is 0.208 e. The van der Waals surface area contributed by atoms with E-state index in [-0.39, 0.29) is 0 Å². The van der Waals surface area contributed by atoms with Gasteiger partial charge in [-0.25, -0.2) is 15.0 Å². The van der Waals surface area contributed by atoms with Gasteiger partial charge in [0, 0.05) is 16.7 Å². The van der Waals surface area contributed by atoms with Crippen molar-refractivity contribution in [3.63, 3.8) is 0 Å². The van der Waals surface area contributed by atoms with Crippen LogP contribution in [-0.2, 0) is 0 Å². The molecular weight excluding hydrogens is 512 g/mol. The Morgan fingerprint density at radius 1 is 0.405 bits per heavy atom. The van der Waals surface area contributed by atoms with Gasteiger partial charge in [-0.15, -0.1) is 0 Å².